The Bertz CT molecular complexity index is 877. The fourth-order valence-electron chi connectivity index (χ4n) is 2.80. The monoisotopic (exact) mass is 399 g/mol. The van der Waals surface area contributed by atoms with Crippen molar-refractivity contribution in [1.29, 1.82) is 0 Å². The number of rotatable bonds is 3. The number of halogens is 1. The zero-order valence-electron chi connectivity index (χ0n) is 12.6. The summed E-state index contributed by atoms with van der Waals surface area (Å²) >= 11 is 4.87. The van der Waals surface area contributed by atoms with Gasteiger partial charge in [-0.1, -0.05) is 69.7 Å². The fraction of sp³-hybridized carbons (Fsp3) is 0.111. The van der Waals surface area contributed by atoms with Crippen LogP contribution < -0.4 is 5.01 Å². The highest BCUT2D eigenvalue weighted by molar-refractivity contribution is 9.10. The van der Waals surface area contributed by atoms with E-state index >= 15 is 0 Å². The summed E-state index contributed by atoms with van der Waals surface area (Å²) in [6.07, 6.45) is 0.798. The molecule has 24 heavy (non-hydrogen) atoms. The molecule has 1 aliphatic rings. The van der Waals surface area contributed by atoms with Gasteiger partial charge in [-0.3, -0.25) is 0 Å². The average molecular weight is 400 g/mol. The predicted molar refractivity (Wildman–Crippen MR) is 101 cm³/mol. The Kier molecular flexibility index (Phi) is 4.08. The lowest BCUT2D eigenvalue weighted by Crippen LogP contribution is -2.18. The van der Waals surface area contributed by atoms with Crippen LogP contribution in [-0.4, -0.2) is 15.8 Å². The summed E-state index contributed by atoms with van der Waals surface area (Å²) in [4.78, 5) is 4.20. The highest BCUT2D eigenvalue weighted by atomic mass is 79.9. The van der Waals surface area contributed by atoms with E-state index in [-0.39, 0.29) is 11.9 Å². The number of hydrogen-bond donors (Lipinski definition) is 1. The molecule has 0 radical (unpaired) electrons. The van der Waals surface area contributed by atoms with Crippen LogP contribution in [-0.2, 0) is 0 Å². The largest absolute Gasteiger partial charge is 0.493 e. The quantitative estimate of drug-likeness (QED) is 0.676. The SMILES string of the molecule is Oc1csc(N2N=C(c3ccccc3)CC2c2ccc(Br)cc2)n1. The molecule has 0 fully saturated rings. The van der Waals surface area contributed by atoms with Gasteiger partial charge in [0, 0.05) is 10.9 Å². The van der Waals surface area contributed by atoms with Crippen LogP contribution in [0.25, 0.3) is 0 Å². The molecule has 1 N–H and O–H groups in total. The number of hydrogen-bond acceptors (Lipinski definition) is 5. The maximum Gasteiger partial charge on any atom is 0.223 e. The van der Waals surface area contributed by atoms with Crippen molar-refractivity contribution in [3.05, 3.63) is 75.6 Å². The lowest BCUT2D eigenvalue weighted by atomic mass is 9.99. The Morgan fingerprint density at radius 1 is 1.08 bits per heavy atom. The lowest BCUT2D eigenvalue weighted by Gasteiger charge is -2.21. The topological polar surface area (TPSA) is 48.7 Å². The molecular weight excluding hydrogens is 386 g/mol. The van der Waals surface area contributed by atoms with Crippen molar-refractivity contribution in [3.63, 3.8) is 0 Å². The first-order chi connectivity index (χ1) is 11.7. The molecular formula is C18H14BrN3OS. The molecule has 1 aliphatic heterocycles. The first-order valence-electron chi connectivity index (χ1n) is 7.53. The van der Waals surface area contributed by atoms with Crippen LogP contribution in [0.4, 0.5) is 5.13 Å². The van der Waals surface area contributed by atoms with Gasteiger partial charge in [0.05, 0.1) is 17.1 Å². The summed E-state index contributed by atoms with van der Waals surface area (Å²) in [6.45, 7) is 0. The summed E-state index contributed by atoms with van der Waals surface area (Å²) in [5.74, 6) is 0.0351. The Morgan fingerprint density at radius 2 is 1.83 bits per heavy atom. The third-order valence-electron chi connectivity index (χ3n) is 3.95. The molecule has 0 saturated carbocycles. The molecule has 0 aliphatic carbocycles. The van der Waals surface area contributed by atoms with Gasteiger partial charge in [-0.15, -0.1) is 0 Å². The molecule has 4 rings (SSSR count). The minimum Gasteiger partial charge on any atom is -0.493 e. The van der Waals surface area contributed by atoms with Crippen LogP contribution in [0.2, 0.25) is 0 Å². The van der Waals surface area contributed by atoms with Crippen molar-refractivity contribution < 1.29 is 5.11 Å². The van der Waals surface area contributed by atoms with Crippen LogP contribution in [0.5, 0.6) is 5.88 Å². The van der Waals surface area contributed by atoms with Gasteiger partial charge in [0.25, 0.3) is 0 Å². The van der Waals surface area contributed by atoms with Crippen LogP contribution in [0, 0.1) is 0 Å². The molecule has 4 nitrogen and oxygen atoms in total. The zero-order chi connectivity index (χ0) is 16.5. The third kappa shape index (κ3) is 2.95. The van der Waals surface area contributed by atoms with Crippen LogP contribution in [0.3, 0.4) is 0 Å². The summed E-state index contributed by atoms with van der Waals surface area (Å²) in [7, 11) is 0. The second-order valence-electron chi connectivity index (χ2n) is 5.52. The van der Waals surface area contributed by atoms with Gasteiger partial charge >= 0.3 is 0 Å². The van der Waals surface area contributed by atoms with E-state index in [1.54, 1.807) is 5.38 Å². The number of thiazole rings is 1. The highest BCUT2D eigenvalue weighted by Gasteiger charge is 2.31. The van der Waals surface area contributed by atoms with Crippen LogP contribution >= 0.6 is 27.3 Å². The molecule has 2 heterocycles. The van der Waals surface area contributed by atoms with Gasteiger partial charge in [-0.05, 0) is 23.3 Å². The lowest BCUT2D eigenvalue weighted by molar-refractivity contribution is 0.457. The average Bonchev–Trinajstić information content (AvgIpc) is 3.23. The first-order valence-corrected chi connectivity index (χ1v) is 9.20. The molecule has 3 aromatic rings. The molecule has 0 saturated heterocycles. The summed E-state index contributed by atoms with van der Waals surface area (Å²) < 4.78 is 1.05. The molecule has 120 valence electrons. The minimum atomic E-state index is 0.0351. The number of nitrogens with zero attached hydrogens (tertiary/aromatic N) is 3. The zero-order valence-corrected chi connectivity index (χ0v) is 15.0. The Labute approximate surface area is 152 Å². The van der Waals surface area contributed by atoms with Crippen LogP contribution in [0.15, 0.2) is 69.6 Å². The van der Waals surface area contributed by atoms with E-state index in [0.29, 0.717) is 5.13 Å². The molecule has 0 amide bonds. The van der Waals surface area contributed by atoms with E-state index in [2.05, 4.69) is 45.2 Å². The summed E-state index contributed by atoms with van der Waals surface area (Å²) in [6, 6.07) is 18.5. The molecule has 6 heteroatoms. The van der Waals surface area contributed by atoms with Gasteiger partial charge in [0.2, 0.25) is 11.0 Å². The molecule has 1 unspecified atom stereocenters. The highest BCUT2D eigenvalue weighted by Crippen LogP contribution is 2.39. The van der Waals surface area contributed by atoms with E-state index in [1.807, 2.05) is 35.3 Å². The number of hydrazone groups is 1. The Morgan fingerprint density at radius 3 is 2.50 bits per heavy atom. The van der Waals surface area contributed by atoms with Crippen molar-refractivity contribution >= 4 is 38.1 Å². The van der Waals surface area contributed by atoms with Crippen molar-refractivity contribution in [2.75, 3.05) is 5.01 Å². The van der Waals surface area contributed by atoms with Gasteiger partial charge < -0.3 is 5.11 Å². The van der Waals surface area contributed by atoms with Crippen molar-refractivity contribution in [3.8, 4) is 5.88 Å². The standard InChI is InChI=1S/C18H14BrN3OS/c19-14-8-6-13(7-9-14)16-10-15(12-4-2-1-3-5-12)21-22(16)18-20-17(23)11-24-18/h1-9,11,16,23H,10H2. The number of aromatic nitrogens is 1. The van der Waals surface area contributed by atoms with E-state index in [0.717, 1.165) is 22.2 Å². The molecule has 2 aromatic carbocycles. The Balaban J connectivity index is 1.74. The maximum atomic E-state index is 9.61. The third-order valence-corrected chi connectivity index (χ3v) is 5.29. The minimum absolute atomic E-state index is 0.0351. The van der Waals surface area contributed by atoms with E-state index < -0.39 is 0 Å². The maximum absolute atomic E-state index is 9.61. The van der Waals surface area contributed by atoms with Crippen molar-refractivity contribution in [2.24, 2.45) is 5.10 Å². The number of benzene rings is 2. The van der Waals surface area contributed by atoms with Crippen LogP contribution in [0.1, 0.15) is 23.6 Å². The van der Waals surface area contributed by atoms with Gasteiger partial charge in [0.1, 0.15) is 0 Å². The normalized spacial score (nSPS) is 17.1. The smallest absolute Gasteiger partial charge is 0.223 e. The van der Waals surface area contributed by atoms with Crippen molar-refractivity contribution in [2.45, 2.75) is 12.5 Å². The first kappa shape index (κ1) is 15.4. The number of aromatic hydroxyl groups is 1. The van der Waals surface area contributed by atoms with Gasteiger partial charge in [-0.25, -0.2) is 5.01 Å². The predicted octanol–water partition coefficient (Wildman–Crippen LogP) is 4.97. The van der Waals surface area contributed by atoms with E-state index in [4.69, 9.17) is 5.10 Å². The van der Waals surface area contributed by atoms with E-state index in [1.165, 1.54) is 16.9 Å². The molecule has 1 atom stereocenters. The summed E-state index contributed by atoms with van der Waals surface area (Å²) in [5, 5.41) is 18.6. The van der Waals surface area contributed by atoms with Gasteiger partial charge in [-0.2, -0.15) is 10.1 Å². The second kappa shape index (κ2) is 6.37. The number of anilines is 1. The molecule has 0 spiro atoms. The fourth-order valence-corrected chi connectivity index (χ4v) is 3.75. The molecule has 1 aromatic heterocycles. The van der Waals surface area contributed by atoms with Gasteiger partial charge in [0.15, 0.2) is 0 Å². The van der Waals surface area contributed by atoms with Crippen molar-refractivity contribution in [1.82, 2.24) is 4.98 Å². The molecule has 0 bridgehead atoms. The summed E-state index contributed by atoms with van der Waals surface area (Å²) in [5.41, 5.74) is 3.31. The van der Waals surface area contributed by atoms with E-state index in [9.17, 15) is 5.11 Å². The second-order valence-corrected chi connectivity index (χ2v) is 7.27. The Hall–Kier alpha value is -2.18.